The molecule has 2 heteroatoms. The molecule has 0 aromatic carbocycles. The Morgan fingerprint density at radius 3 is 2.44 bits per heavy atom. The Balaban J connectivity index is 1.60. The first-order valence-electron chi connectivity index (χ1n) is 7.27. The van der Waals surface area contributed by atoms with Gasteiger partial charge in [-0.25, -0.2) is 0 Å². The Hall–Kier alpha value is -1.05. The minimum Gasteiger partial charge on any atom is -0.481 e. The highest BCUT2D eigenvalue weighted by Gasteiger charge is 2.55. The van der Waals surface area contributed by atoms with E-state index in [9.17, 15) is 9.90 Å². The lowest BCUT2D eigenvalue weighted by molar-refractivity contribution is -0.152. The second-order valence-electron chi connectivity index (χ2n) is 6.90. The van der Waals surface area contributed by atoms with Gasteiger partial charge in [0, 0.05) is 0 Å². The maximum absolute atomic E-state index is 11.9. The molecule has 2 fully saturated rings. The van der Waals surface area contributed by atoms with Crippen molar-refractivity contribution >= 4 is 5.97 Å². The molecule has 0 amide bonds. The van der Waals surface area contributed by atoms with E-state index in [4.69, 9.17) is 0 Å². The van der Waals surface area contributed by atoms with Gasteiger partial charge in [0.05, 0.1) is 5.41 Å². The number of carboxylic acid groups (broad SMARTS) is 1. The fourth-order valence-corrected chi connectivity index (χ4v) is 5.12. The van der Waals surface area contributed by atoms with E-state index in [1.807, 2.05) is 0 Å². The van der Waals surface area contributed by atoms with E-state index in [0.717, 1.165) is 25.2 Å². The fourth-order valence-electron chi connectivity index (χ4n) is 5.12. The Morgan fingerprint density at radius 2 is 1.94 bits per heavy atom. The van der Waals surface area contributed by atoms with Crippen LogP contribution in [-0.2, 0) is 4.79 Å². The lowest BCUT2D eigenvalue weighted by atomic mass is 9.68. The molecule has 0 aromatic rings. The smallest absolute Gasteiger partial charge is 0.310 e. The average molecular weight is 244 g/mol. The van der Waals surface area contributed by atoms with Crippen LogP contribution in [0.4, 0.5) is 0 Å². The molecule has 6 atom stereocenters. The topological polar surface area (TPSA) is 37.3 Å². The standard InChI is InChI=1S/C16H20O2/c17-15(18)16(8-11-2-4-14(16)7-11)9-13-6-10-1-3-12(13)5-10/h1-4,10-14H,5-9H2,(H,17,18). The van der Waals surface area contributed by atoms with Crippen molar-refractivity contribution < 1.29 is 9.90 Å². The lowest BCUT2D eigenvalue weighted by Crippen LogP contribution is -2.37. The summed E-state index contributed by atoms with van der Waals surface area (Å²) in [6.07, 6.45) is 14.5. The summed E-state index contributed by atoms with van der Waals surface area (Å²) in [4.78, 5) is 11.9. The van der Waals surface area contributed by atoms with Crippen molar-refractivity contribution in [2.24, 2.45) is 35.0 Å². The summed E-state index contributed by atoms with van der Waals surface area (Å²) in [5.74, 6) is 2.37. The van der Waals surface area contributed by atoms with Gasteiger partial charge in [0.2, 0.25) is 0 Å². The molecule has 1 N–H and O–H groups in total. The molecule has 4 rings (SSSR count). The molecule has 2 saturated carbocycles. The van der Waals surface area contributed by atoms with Gasteiger partial charge in [-0.2, -0.15) is 0 Å². The van der Waals surface area contributed by atoms with Crippen LogP contribution < -0.4 is 0 Å². The second kappa shape index (κ2) is 3.49. The van der Waals surface area contributed by atoms with Crippen LogP contribution in [0.5, 0.6) is 0 Å². The Bertz CT molecular complexity index is 450. The quantitative estimate of drug-likeness (QED) is 0.774. The van der Waals surface area contributed by atoms with Crippen LogP contribution in [0.1, 0.15) is 32.1 Å². The van der Waals surface area contributed by atoms with Crippen molar-refractivity contribution in [1.29, 1.82) is 0 Å². The number of hydrogen-bond acceptors (Lipinski definition) is 1. The van der Waals surface area contributed by atoms with Gasteiger partial charge in [-0.3, -0.25) is 4.79 Å². The lowest BCUT2D eigenvalue weighted by Gasteiger charge is -2.35. The summed E-state index contributed by atoms with van der Waals surface area (Å²) >= 11 is 0. The maximum atomic E-state index is 11.9. The third kappa shape index (κ3) is 1.32. The summed E-state index contributed by atoms with van der Waals surface area (Å²) in [6.45, 7) is 0. The van der Waals surface area contributed by atoms with E-state index in [2.05, 4.69) is 24.3 Å². The zero-order valence-corrected chi connectivity index (χ0v) is 10.6. The first-order valence-corrected chi connectivity index (χ1v) is 7.27. The second-order valence-corrected chi connectivity index (χ2v) is 6.90. The molecule has 4 bridgehead atoms. The number of aliphatic carboxylic acids is 1. The van der Waals surface area contributed by atoms with Crippen molar-refractivity contribution in [2.45, 2.75) is 32.1 Å². The highest BCUT2D eigenvalue weighted by molar-refractivity contribution is 5.76. The third-order valence-electron chi connectivity index (χ3n) is 5.98. The highest BCUT2D eigenvalue weighted by Crippen LogP contribution is 2.58. The van der Waals surface area contributed by atoms with Crippen LogP contribution in [0.2, 0.25) is 0 Å². The Kier molecular flexibility index (Phi) is 2.10. The summed E-state index contributed by atoms with van der Waals surface area (Å²) in [5.41, 5.74) is -0.428. The molecule has 0 spiro atoms. The minimum atomic E-state index is -0.536. The monoisotopic (exact) mass is 244 g/mol. The molecule has 0 radical (unpaired) electrons. The van der Waals surface area contributed by atoms with Crippen LogP contribution in [0.15, 0.2) is 24.3 Å². The molecule has 4 aliphatic carbocycles. The van der Waals surface area contributed by atoms with E-state index >= 15 is 0 Å². The van der Waals surface area contributed by atoms with E-state index in [-0.39, 0.29) is 0 Å². The summed E-state index contributed by atoms with van der Waals surface area (Å²) in [5, 5.41) is 9.76. The highest BCUT2D eigenvalue weighted by atomic mass is 16.4. The molecule has 96 valence electrons. The fraction of sp³-hybridized carbons (Fsp3) is 0.688. The molecule has 0 aromatic heterocycles. The normalized spacial score (nSPS) is 51.4. The van der Waals surface area contributed by atoms with Gasteiger partial charge >= 0.3 is 5.97 Å². The van der Waals surface area contributed by atoms with Crippen LogP contribution in [0, 0.1) is 35.0 Å². The molecule has 6 unspecified atom stereocenters. The molecular formula is C16H20O2. The summed E-state index contributed by atoms with van der Waals surface area (Å²) in [7, 11) is 0. The number of carbonyl (C=O) groups is 1. The van der Waals surface area contributed by atoms with Crippen molar-refractivity contribution in [2.75, 3.05) is 0 Å². The molecular weight excluding hydrogens is 224 g/mol. The van der Waals surface area contributed by atoms with Crippen LogP contribution in [0.25, 0.3) is 0 Å². The van der Waals surface area contributed by atoms with E-state index in [1.165, 1.54) is 12.8 Å². The summed E-state index contributed by atoms with van der Waals surface area (Å²) < 4.78 is 0. The van der Waals surface area contributed by atoms with E-state index < -0.39 is 11.4 Å². The Labute approximate surface area is 108 Å². The number of allylic oxidation sites excluding steroid dienone is 4. The predicted molar refractivity (Wildman–Crippen MR) is 68.9 cm³/mol. The SMILES string of the molecule is O=C(O)C1(CC2CC3C=CC2C3)CC2C=CC1C2. The number of carboxylic acids is 1. The van der Waals surface area contributed by atoms with Crippen LogP contribution >= 0.6 is 0 Å². The molecule has 0 heterocycles. The third-order valence-corrected chi connectivity index (χ3v) is 5.98. The summed E-state index contributed by atoms with van der Waals surface area (Å²) in [6, 6.07) is 0. The molecule has 2 nitrogen and oxygen atoms in total. The van der Waals surface area contributed by atoms with E-state index in [0.29, 0.717) is 23.7 Å². The first kappa shape index (κ1) is 10.8. The zero-order chi connectivity index (χ0) is 12.3. The molecule has 4 aliphatic rings. The zero-order valence-electron chi connectivity index (χ0n) is 10.6. The minimum absolute atomic E-state index is 0.308. The van der Waals surface area contributed by atoms with Gasteiger partial charge < -0.3 is 5.11 Å². The average Bonchev–Trinajstić information content (AvgIpc) is 3.08. The predicted octanol–water partition coefficient (Wildman–Crippen LogP) is 3.26. The van der Waals surface area contributed by atoms with Crippen LogP contribution in [-0.4, -0.2) is 11.1 Å². The van der Waals surface area contributed by atoms with Crippen molar-refractivity contribution in [3.8, 4) is 0 Å². The molecule has 0 aliphatic heterocycles. The van der Waals surface area contributed by atoms with E-state index in [1.54, 1.807) is 0 Å². The number of fused-ring (bicyclic) bond motifs is 4. The molecule has 18 heavy (non-hydrogen) atoms. The van der Waals surface area contributed by atoms with Gasteiger partial charge in [-0.15, -0.1) is 0 Å². The largest absolute Gasteiger partial charge is 0.481 e. The first-order chi connectivity index (χ1) is 8.67. The van der Waals surface area contributed by atoms with Crippen LogP contribution in [0.3, 0.4) is 0 Å². The Morgan fingerprint density at radius 1 is 1.11 bits per heavy atom. The van der Waals surface area contributed by atoms with Gasteiger partial charge in [0.15, 0.2) is 0 Å². The number of rotatable bonds is 3. The molecule has 0 saturated heterocycles. The van der Waals surface area contributed by atoms with Crippen molar-refractivity contribution in [3.05, 3.63) is 24.3 Å². The van der Waals surface area contributed by atoms with Gasteiger partial charge in [-0.1, -0.05) is 24.3 Å². The van der Waals surface area contributed by atoms with Gasteiger partial charge in [0.25, 0.3) is 0 Å². The van der Waals surface area contributed by atoms with Gasteiger partial charge in [-0.05, 0) is 61.7 Å². The van der Waals surface area contributed by atoms with Crippen molar-refractivity contribution in [3.63, 3.8) is 0 Å². The van der Waals surface area contributed by atoms with Gasteiger partial charge in [0.1, 0.15) is 0 Å². The number of hydrogen-bond donors (Lipinski definition) is 1. The van der Waals surface area contributed by atoms with Crippen molar-refractivity contribution in [1.82, 2.24) is 0 Å². The maximum Gasteiger partial charge on any atom is 0.310 e.